The summed E-state index contributed by atoms with van der Waals surface area (Å²) in [5.41, 5.74) is 0. The number of alkyl halides is 29. The normalized spacial score (nSPS) is 17.1. The van der Waals surface area contributed by atoms with Crippen molar-refractivity contribution < 1.29 is 136 Å². The Hall–Kier alpha value is -2.12. The summed E-state index contributed by atoms with van der Waals surface area (Å²) in [6, 6.07) is 0. The van der Waals surface area contributed by atoms with E-state index in [1.165, 1.54) is 0 Å². The zero-order chi connectivity index (χ0) is 40.9. The highest BCUT2D eigenvalue weighted by atomic mass is 32.2. The molecule has 0 aliphatic carbocycles. The second-order valence-corrected chi connectivity index (χ2v) is 10.7. The Morgan fingerprint density at radius 1 is 0.327 bits per heavy atom. The summed E-state index contributed by atoms with van der Waals surface area (Å²) in [5, 5.41) is -7.99. The third-order valence-corrected chi connectivity index (χ3v) is 7.33. The van der Waals surface area contributed by atoms with Gasteiger partial charge in [0.1, 0.15) is 0 Å². The van der Waals surface area contributed by atoms with Crippen LogP contribution >= 0.6 is 0 Å². The quantitative estimate of drug-likeness (QED) is 0.168. The van der Waals surface area contributed by atoms with E-state index in [4.69, 9.17) is 0 Å². The number of hydrogen-bond donors (Lipinski definition) is 1. The van der Waals surface area contributed by atoms with Crippen molar-refractivity contribution in [3.05, 3.63) is 0 Å². The predicted molar refractivity (Wildman–Crippen MR) is 93.0 cm³/mol. The van der Waals surface area contributed by atoms with Crippen molar-refractivity contribution in [2.24, 2.45) is 0 Å². The first-order valence-electron chi connectivity index (χ1n) is 10.5. The van der Waals surface area contributed by atoms with E-state index in [9.17, 15) is 136 Å². The zero-order valence-electron chi connectivity index (χ0n) is 21.4. The zero-order valence-corrected chi connectivity index (χ0v) is 22.2. The molecule has 0 aliphatic heterocycles. The monoisotopic (exact) mass is 827 g/mol. The van der Waals surface area contributed by atoms with Gasteiger partial charge in [0, 0.05) is 6.54 Å². The first-order chi connectivity index (χ1) is 20.6. The highest BCUT2D eigenvalue weighted by molar-refractivity contribution is 7.90. The fraction of sp³-hybridized carbons (Fsp3) is 1.00. The molecule has 33 heteroatoms. The van der Waals surface area contributed by atoms with E-state index in [0.29, 0.717) is 0 Å². The van der Waals surface area contributed by atoms with Crippen LogP contribution in [0.1, 0.15) is 6.92 Å². The molecule has 3 nitrogen and oxygen atoms in total. The Bertz CT molecular complexity index is 1330. The number of hydrogen-bond acceptors (Lipinski definition) is 2. The smallest absolute Gasteiger partial charge is 0.210 e. The molecule has 0 bridgehead atoms. The fourth-order valence-corrected chi connectivity index (χ4v) is 3.81. The summed E-state index contributed by atoms with van der Waals surface area (Å²) in [5.74, 6) is -115. The van der Waals surface area contributed by atoms with E-state index in [0.717, 1.165) is 0 Å². The molecule has 0 aromatic heterocycles. The van der Waals surface area contributed by atoms with Crippen LogP contribution in [0.25, 0.3) is 0 Å². The number of halogens is 29. The van der Waals surface area contributed by atoms with Gasteiger partial charge in [0.25, 0.3) is 10.0 Å². The van der Waals surface area contributed by atoms with Crippen LogP contribution in [-0.2, 0) is 10.0 Å². The van der Waals surface area contributed by atoms with Crippen LogP contribution in [0, 0.1) is 0 Å². The molecule has 0 unspecified atom stereocenters. The molecule has 0 atom stereocenters. The van der Waals surface area contributed by atoms with Crippen LogP contribution in [0.3, 0.4) is 0 Å². The maximum Gasteiger partial charge on any atom is 0.460 e. The molecule has 1 N–H and O–H groups in total. The van der Waals surface area contributed by atoms with E-state index < -0.39 is 99.1 Å². The fourth-order valence-electron chi connectivity index (χ4n) is 2.78. The average Bonchev–Trinajstić information content (AvgIpc) is 2.86. The summed E-state index contributed by atoms with van der Waals surface area (Å²) in [7, 11) is -7.61. The molecule has 0 heterocycles. The third kappa shape index (κ3) is 5.40. The molecule has 0 aromatic carbocycles. The summed E-state index contributed by atoms with van der Waals surface area (Å²) in [6.07, 6.45) is -8.32. The van der Waals surface area contributed by atoms with Gasteiger partial charge in [-0.1, -0.05) is 6.92 Å². The van der Waals surface area contributed by atoms with Gasteiger partial charge >= 0.3 is 82.5 Å². The van der Waals surface area contributed by atoms with Crippen molar-refractivity contribution in [3.8, 4) is 0 Å². The average molecular weight is 827 g/mol. The maximum absolute atomic E-state index is 13.8. The van der Waals surface area contributed by atoms with E-state index in [1.54, 1.807) is 0 Å². The van der Waals surface area contributed by atoms with Gasteiger partial charge in [0.05, 0.1) is 0 Å². The molecule has 0 saturated heterocycles. The molecule has 0 aliphatic rings. The first-order valence-corrected chi connectivity index (χ1v) is 12.0. The van der Waals surface area contributed by atoms with Crippen molar-refractivity contribution >= 4 is 10.0 Å². The minimum absolute atomic E-state index is 0.107. The van der Waals surface area contributed by atoms with Crippen LogP contribution in [0.5, 0.6) is 0 Å². The minimum atomic E-state index is -10.0. The van der Waals surface area contributed by atoms with Crippen LogP contribution in [0.4, 0.5) is 127 Å². The molecule has 49 heavy (non-hydrogen) atoms. The van der Waals surface area contributed by atoms with E-state index in [1.807, 2.05) is 0 Å². The van der Waals surface area contributed by atoms with Gasteiger partial charge in [-0.2, -0.15) is 127 Å². The summed E-state index contributed by atoms with van der Waals surface area (Å²) >= 11 is 0. The Balaban J connectivity index is 7.66. The molecular weight excluding hydrogens is 821 g/mol. The van der Waals surface area contributed by atoms with Gasteiger partial charge in [-0.25, -0.2) is 13.1 Å². The lowest BCUT2D eigenvalue weighted by molar-refractivity contribution is -0.486. The van der Waals surface area contributed by atoms with Gasteiger partial charge in [0.15, 0.2) is 0 Å². The number of nitrogens with one attached hydrogen (secondary N) is 1. The first kappa shape index (κ1) is 46.9. The van der Waals surface area contributed by atoms with Gasteiger partial charge in [0.2, 0.25) is 0 Å². The van der Waals surface area contributed by atoms with Crippen molar-refractivity contribution in [1.29, 1.82) is 0 Å². The molecule has 0 rings (SSSR count). The molecule has 0 fully saturated rings. The van der Waals surface area contributed by atoms with Crippen LogP contribution in [0.15, 0.2) is 0 Å². The van der Waals surface area contributed by atoms with Crippen molar-refractivity contribution in [1.82, 2.24) is 4.72 Å². The third-order valence-electron chi connectivity index (χ3n) is 5.73. The summed E-state index contributed by atoms with van der Waals surface area (Å²) < 4.78 is 411. The second-order valence-electron chi connectivity index (χ2n) is 8.91. The van der Waals surface area contributed by atoms with Crippen molar-refractivity contribution in [3.63, 3.8) is 0 Å². The van der Waals surface area contributed by atoms with Gasteiger partial charge in [-0.15, -0.1) is 0 Å². The van der Waals surface area contributed by atoms with Crippen LogP contribution < -0.4 is 4.72 Å². The largest absolute Gasteiger partial charge is 0.460 e. The maximum atomic E-state index is 13.8. The topological polar surface area (TPSA) is 46.2 Å². The Morgan fingerprint density at radius 3 is 0.653 bits per heavy atom. The molecule has 0 spiro atoms. The molecule has 0 aromatic rings. The van der Waals surface area contributed by atoms with Crippen molar-refractivity contribution in [2.75, 3.05) is 6.54 Å². The summed E-state index contributed by atoms with van der Waals surface area (Å²) in [6.45, 7) is -1.35. The SMILES string of the molecule is CCNS(=O)(=O)C(F)(F)C(F)(F)C(F)(F)C(F)(F)C(F)(F)C(F)(F)C(F)(F)C(F)(F)C(F)(F)C(F)(F)C(F)(F)C(F)(F)C(F)(F)C(F)(F)F. The van der Waals surface area contributed by atoms with E-state index in [2.05, 4.69) is 0 Å². The van der Waals surface area contributed by atoms with Crippen LogP contribution in [-0.4, -0.2) is 97.5 Å². The summed E-state index contributed by atoms with van der Waals surface area (Å²) in [4.78, 5) is 0. The molecular formula is C16H6F29NO2S. The molecule has 0 amide bonds. The Morgan fingerprint density at radius 2 is 0.490 bits per heavy atom. The second kappa shape index (κ2) is 11.4. The molecule has 0 radical (unpaired) electrons. The number of rotatable bonds is 15. The van der Waals surface area contributed by atoms with E-state index in [-0.39, 0.29) is 11.6 Å². The van der Waals surface area contributed by atoms with Gasteiger partial charge in [-0.05, 0) is 0 Å². The van der Waals surface area contributed by atoms with Crippen LogP contribution in [0.2, 0.25) is 0 Å². The number of sulfonamides is 1. The van der Waals surface area contributed by atoms with Crippen molar-refractivity contribution in [2.45, 2.75) is 89.4 Å². The van der Waals surface area contributed by atoms with Gasteiger partial charge < -0.3 is 0 Å². The van der Waals surface area contributed by atoms with E-state index >= 15 is 0 Å². The standard InChI is InChI=1S/C16H6F29NO2S/c1-2-46-49(47,48)16(44,45)14(39,40)12(35,36)10(31,32)8(27,28)6(23,24)4(19,20)3(17,18)5(21,22)7(25,26)9(29,30)11(33,34)13(37,38)15(41,42)43/h46H,2H2,1H3. The minimum Gasteiger partial charge on any atom is -0.210 e. The lowest BCUT2D eigenvalue weighted by Gasteiger charge is -2.46. The lowest BCUT2D eigenvalue weighted by Crippen LogP contribution is -2.79. The van der Waals surface area contributed by atoms with Gasteiger partial charge in [-0.3, -0.25) is 0 Å². The molecule has 296 valence electrons. The lowest BCUT2D eigenvalue weighted by atomic mass is 9.84. The predicted octanol–water partition coefficient (Wildman–Crippen LogP) is 8.70. The molecule has 0 saturated carbocycles. The Labute approximate surface area is 247 Å². The highest BCUT2D eigenvalue weighted by Crippen LogP contribution is 2.69. The highest BCUT2D eigenvalue weighted by Gasteiger charge is 3.01. The Kier molecular flexibility index (Phi) is 10.9.